The Hall–Kier alpha value is -0.410. The van der Waals surface area contributed by atoms with E-state index < -0.39 is 0 Å². The van der Waals surface area contributed by atoms with Crippen molar-refractivity contribution in [3.63, 3.8) is 0 Å². The van der Waals surface area contributed by atoms with Crippen molar-refractivity contribution in [2.45, 2.75) is 39.3 Å². The van der Waals surface area contributed by atoms with Crippen molar-refractivity contribution in [1.82, 2.24) is 4.90 Å². The zero-order valence-corrected chi connectivity index (χ0v) is 9.62. The van der Waals surface area contributed by atoms with Crippen molar-refractivity contribution in [2.24, 2.45) is 5.92 Å². The molecule has 0 aliphatic carbocycles. The smallest absolute Gasteiger partial charge is 0.149 e. The molecular formula is C11H21NO2. The number of Topliss-reactive ketones (excluding diaryl/α,β-unsaturated/α-hetero) is 1. The highest BCUT2D eigenvalue weighted by Gasteiger charge is 2.28. The van der Waals surface area contributed by atoms with Crippen LogP contribution in [0.2, 0.25) is 0 Å². The summed E-state index contributed by atoms with van der Waals surface area (Å²) in [5, 5.41) is 0. The number of ether oxygens (including phenoxy) is 1. The van der Waals surface area contributed by atoms with Crippen LogP contribution in [-0.2, 0) is 9.53 Å². The molecule has 82 valence electrons. The molecule has 2 atom stereocenters. The fourth-order valence-electron chi connectivity index (χ4n) is 1.84. The van der Waals surface area contributed by atoms with Gasteiger partial charge in [0.25, 0.3) is 0 Å². The molecule has 3 heteroatoms. The van der Waals surface area contributed by atoms with Gasteiger partial charge >= 0.3 is 0 Å². The van der Waals surface area contributed by atoms with Crippen LogP contribution < -0.4 is 0 Å². The van der Waals surface area contributed by atoms with E-state index in [-0.39, 0.29) is 12.0 Å². The van der Waals surface area contributed by atoms with E-state index in [1.165, 1.54) is 0 Å². The Morgan fingerprint density at radius 3 is 2.64 bits per heavy atom. The number of rotatable bonds is 4. The predicted molar refractivity (Wildman–Crippen MR) is 56.3 cm³/mol. The molecular weight excluding hydrogens is 178 g/mol. The number of carbonyl (C=O) groups excluding carboxylic acids is 1. The first-order valence-electron chi connectivity index (χ1n) is 5.37. The quantitative estimate of drug-likeness (QED) is 0.684. The molecule has 0 amide bonds. The fourth-order valence-corrected chi connectivity index (χ4v) is 1.84. The molecule has 1 aliphatic heterocycles. The van der Waals surface area contributed by atoms with Gasteiger partial charge in [0.15, 0.2) is 0 Å². The highest BCUT2D eigenvalue weighted by molar-refractivity contribution is 5.82. The molecule has 1 heterocycles. The maximum Gasteiger partial charge on any atom is 0.149 e. The molecule has 1 rings (SSSR count). The Morgan fingerprint density at radius 1 is 1.57 bits per heavy atom. The summed E-state index contributed by atoms with van der Waals surface area (Å²) < 4.78 is 5.48. The van der Waals surface area contributed by atoms with Gasteiger partial charge in [-0.1, -0.05) is 13.8 Å². The maximum atomic E-state index is 11.5. The molecule has 0 saturated carbocycles. The van der Waals surface area contributed by atoms with Crippen LogP contribution >= 0.6 is 0 Å². The standard InChI is InChI=1S/C11H21NO2/c1-8(2)11(13)7-12(4)10-5-6-14-9(10)3/h8-10H,5-7H2,1-4H3. The van der Waals surface area contributed by atoms with Gasteiger partial charge in [0, 0.05) is 18.6 Å². The normalized spacial score (nSPS) is 27.6. The summed E-state index contributed by atoms with van der Waals surface area (Å²) in [4.78, 5) is 13.7. The molecule has 1 aliphatic rings. The zero-order valence-electron chi connectivity index (χ0n) is 9.62. The van der Waals surface area contributed by atoms with Crippen molar-refractivity contribution in [3.8, 4) is 0 Å². The number of ketones is 1. The van der Waals surface area contributed by atoms with E-state index in [1.54, 1.807) is 0 Å². The Balaban J connectivity index is 2.41. The summed E-state index contributed by atoms with van der Waals surface area (Å²) in [6.45, 7) is 7.35. The lowest BCUT2D eigenvalue weighted by Gasteiger charge is -2.26. The van der Waals surface area contributed by atoms with Crippen LogP contribution in [0.25, 0.3) is 0 Å². The van der Waals surface area contributed by atoms with Gasteiger partial charge in [0.05, 0.1) is 12.6 Å². The minimum atomic E-state index is 0.134. The number of nitrogens with zero attached hydrogens (tertiary/aromatic N) is 1. The molecule has 2 unspecified atom stereocenters. The van der Waals surface area contributed by atoms with E-state index in [0.717, 1.165) is 13.0 Å². The number of carbonyl (C=O) groups is 1. The third-order valence-electron chi connectivity index (χ3n) is 2.95. The molecule has 0 spiro atoms. The maximum absolute atomic E-state index is 11.5. The van der Waals surface area contributed by atoms with Crippen LogP contribution in [0, 0.1) is 5.92 Å². The topological polar surface area (TPSA) is 29.5 Å². The van der Waals surface area contributed by atoms with Gasteiger partial charge in [0.1, 0.15) is 5.78 Å². The van der Waals surface area contributed by atoms with E-state index in [4.69, 9.17) is 4.74 Å². The number of hydrogen-bond acceptors (Lipinski definition) is 3. The third-order valence-corrected chi connectivity index (χ3v) is 2.95. The second-order valence-corrected chi connectivity index (χ2v) is 4.47. The molecule has 0 bridgehead atoms. The average molecular weight is 199 g/mol. The lowest BCUT2D eigenvalue weighted by Crippen LogP contribution is -2.40. The SMILES string of the molecule is CC(C)C(=O)CN(C)C1CCOC1C. The Morgan fingerprint density at radius 2 is 2.21 bits per heavy atom. The first-order chi connectivity index (χ1) is 6.52. The second-order valence-electron chi connectivity index (χ2n) is 4.47. The zero-order chi connectivity index (χ0) is 10.7. The van der Waals surface area contributed by atoms with Crippen molar-refractivity contribution in [3.05, 3.63) is 0 Å². The van der Waals surface area contributed by atoms with Gasteiger partial charge in [-0.05, 0) is 20.4 Å². The summed E-state index contributed by atoms with van der Waals surface area (Å²) in [5.41, 5.74) is 0. The molecule has 0 N–H and O–H groups in total. The largest absolute Gasteiger partial charge is 0.377 e. The first-order valence-corrected chi connectivity index (χ1v) is 5.37. The van der Waals surface area contributed by atoms with Crippen molar-refractivity contribution >= 4 is 5.78 Å². The molecule has 14 heavy (non-hydrogen) atoms. The first kappa shape index (κ1) is 11.7. The van der Waals surface area contributed by atoms with Gasteiger partial charge in [-0.2, -0.15) is 0 Å². The molecule has 1 saturated heterocycles. The van der Waals surface area contributed by atoms with E-state index in [0.29, 0.717) is 18.4 Å². The summed E-state index contributed by atoms with van der Waals surface area (Å²) in [7, 11) is 2.01. The van der Waals surface area contributed by atoms with E-state index in [2.05, 4.69) is 11.8 Å². The van der Waals surface area contributed by atoms with Crippen LogP contribution in [0.5, 0.6) is 0 Å². The van der Waals surface area contributed by atoms with Gasteiger partial charge in [0.2, 0.25) is 0 Å². The van der Waals surface area contributed by atoms with Gasteiger partial charge in [-0.3, -0.25) is 9.69 Å². The summed E-state index contributed by atoms with van der Waals surface area (Å²) in [6, 6.07) is 0.415. The minimum absolute atomic E-state index is 0.134. The van der Waals surface area contributed by atoms with Crippen molar-refractivity contribution in [1.29, 1.82) is 0 Å². The van der Waals surface area contributed by atoms with Crippen LogP contribution in [0.4, 0.5) is 0 Å². The molecule has 0 aromatic carbocycles. The molecule has 1 fully saturated rings. The van der Waals surface area contributed by atoms with Crippen molar-refractivity contribution in [2.75, 3.05) is 20.2 Å². The number of likely N-dealkylation sites (N-methyl/N-ethyl adjacent to an activating group) is 1. The predicted octanol–water partition coefficient (Wildman–Crippen LogP) is 1.32. The molecule has 0 aromatic heterocycles. The Bertz CT molecular complexity index is 203. The van der Waals surface area contributed by atoms with Gasteiger partial charge in [-0.15, -0.1) is 0 Å². The van der Waals surface area contributed by atoms with E-state index >= 15 is 0 Å². The van der Waals surface area contributed by atoms with Crippen LogP contribution in [0.15, 0.2) is 0 Å². The molecule has 0 radical (unpaired) electrons. The summed E-state index contributed by atoms with van der Waals surface area (Å²) >= 11 is 0. The monoisotopic (exact) mass is 199 g/mol. The van der Waals surface area contributed by atoms with E-state index in [9.17, 15) is 4.79 Å². The van der Waals surface area contributed by atoms with Crippen LogP contribution in [0.1, 0.15) is 27.2 Å². The van der Waals surface area contributed by atoms with E-state index in [1.807, 2.05) is 20.9 Å². The van der Waals surface area contributed by atoms with Crippen molar-refractivity contribution < 1.29 is 9.53 Å². The molecule has 0 aromatic rings. The minimum Gasteiger partial charge on any atom is -0.377 e. The highest BCUT2D eigenvalue weighted by Crippen LogP contribution is 2.18. The molecule has 3 nitrogen and oxygen atoms in total. The highest BCUT2D eigenvalue weighted by atomic mass is 16.5. The second kappa shape index (κ2) is 4.89. The average Bonchev–Trinajstić information content (AvgIpc) is 2.51. The summed E-state index contributed by atoms with van der Waals surface area (Å²) in [6.07, 6.45) is 1.31. The lowest BCUT2D eigenvalue weighted by molar-refractivity contribution is -0.123. The van der Waals surface area contributed by atoms with Crippen LogP contribution in [-0.4, -0.2) is 43.0 Å². The Labute approximate surface area is 86.4 Å². The Kier molecular flexibility index (Phi) is 4.08. The van der Waals surface area contributed by atoms with Gasteiger partial charge in [-0.25, -0.2) is 0 Å². The lowest BCUT2D eigenvalue weighted by atomic mass is 10.1. The van der Waals surface area contributed by atoms with Gasteiger partial charge < -0.3 is 4.74 Å². The number of hydrogen-bond donors (Lipinski definition) is 0. The summed E-state index contributed by atoms with van der Waals surface area (Å²) in [5.74, 6) is 0.446. The fraction of sp³-hybridized carbons (Fsp3) is 0.909. The third kappa shape index (κ3) is 2.79. The van der Waals surface area contributed by atoms with Crippen LogP contribution in [0.3, 0.4) is 0 Å².